The minimum absolute atomic E-state index is 0.469. The summed E-state index contributed by atoms with van der Waals surface area (Å²) >= 11 is 0. The molecule has 1 N–H and O–H groups in total. The SMILES string of the molecule is CCCNC(CCCOC)c1ccccc1CC. The van der Waals surface area contributed by atoms with Crippen LogP contribution in [0.15, 0.2) is 24.3 Å². The lowest BCUT2D eigenvalue weighted by Gasteiger charge is -2.21. The molecule has 0 amide bonds. The van der Waals surface area contributed by atoms with Crippen LogP contribution >= 0.6 is 0 Å². The van der Waals surface area contributed by atoms with E-state index in [1.54, 1.807) is 7.11 Å². The Kier molecular flexibility index (Phi) is 7.70. The second-order valence-electron chi connectivity index (χ2n) is 4.69. The molecule has 0 fully saturated rings. The Morgan fingerprint density at radius 1 is 1.22 bits per heavy atom. The van der Waals surface area contributed by atoms with Crippen molar-refractivity contribution in [1.29, 1.82) is 0 Å². The molecular weight excluding hydrogens is 222 g/mol. The molecule has 0 aliphatic rings. The Morgan fingerprint density at radius 2 is 2.00 bits per heavy atom. The summed E-state index contributed by atoms with van der Waals surface area (Å²) in [6.45, 7) is 6.37. The van der Waals surface area contributed by atoms with Crippen LogP contribution in [0.5, 0.6) is 0 Å². The van der Waals surface area contributed by atoms with Gasteiger partial charge in [-0.3, -0.25) is 0 Å². The van der Waals surface area contributed by atoms with Crippen molar-refractivity contribution < 1.29 is 4.74 Å². The molecule has 1 aromatic rings. The molecule has 1 unspecified atom stereocenters. The third-order valence-electron chi connectivity index (χ3n) is 3.29. The van der Waals surface area contributed by atoms with Crippen LogP contribution in [0.1, 0.15) is 50.3 Å². The maximum Gasteiger partial charge on any atom is 0.0462 e. The molecule has 0 heterocycles. The molecule has 0 aliphatic heterocycles. The van der Waals surface area contributed by atoms with Crippen LogP contribution < -0.4 is 5.32 Å². The van der Waals surface area contributed by atoms with Gasteiger partial charge in [0.2, 0.25) is 0 Å². The fraction of sp³-hybridized carbons (Fsp3) is 0.625. The van der Waals surface area contributed by atoms with Gasteiger partial charge in [-0.15, -0.1) is 0 Å². The van der Waals surface area contributed by atoms with Crippen LogP contribution in [-0.4, -0.2) is 20.3 Å². The van der Waals surface area contributed by atoms with Crippen molar-refractivity contribution in [2.45, 2.75) is 45.6 Å². The highest BCUT2D eigenvalue weighted by atomic mass is 16.5. The molecule has 2 heteroatoms. The topological polar surface area (TPSA) is 21.3 Å². The Morgan fingerprint density at radius 3 is 2.67 bits per heavy atom. The van der Waals surface area contributed by atoms with Crippen LogP contribution in [0.3, 0.4) is 0 Å². The molecule has 0 bridgehead atoms. The zero-order chi connectivity index (χ0) is 13.2. The van der Waals surface area contributed by atoms with Gasteiger partial charge in [-0.2, -0.15) is 0 Å². The number of hydrogen-bond donors (Lipinski definition) is 1. The molecular formula is C16H27NO. The molecule has 0 saturated heterocycles. The summed E-state index contributed by atoms with van der Waals surface area (Å²) in [5.41, 5.74) is 2.92. The first-order valence-electron chi connectivity index (χ1n) is 7.13. The van der Waals surface area contributed by atoms with Crippen LogP contribution in [0.2, 0.25) is 0 Å². The summed E-state index contributed by atoms with van der Waals surface area (Å²) in [6.07, 6.45) is 4.53. The molecule has 0 aromatic heterocycles. The summed E-state index contributed by atoms with van der Waals surface area (Å²) in [7, 11) is 1.77. The number of nitrogens with one attached hydrogen (secondary N) is 1. The third kappa shape index (κ3) is 4.79. The molecule has 0 radical (unpaired) electrons. The molecule has 0 saturated carbocycles. The van der Waals surface area contributed by atoms with Gasteiger partial charge in [0, 0.05) is 19.8 Å². The van der Waals surface area contributed by atoms with Crippen LogP contribution in [0.4, 0.5) is 0 Å². The van der Waals surface area contributed by atoms with Crippen LogP contribution in [0, 0.1) is 0 Å². The van der Waals surface area contributed by atoms with Gasteiger partial charge in [0.1, 0.15) is 0 Å². The third-order valence-corrected chi connectivity index (χ3v) is 3.29. The van der Waals surface area contributed by atoms with Gasteiger partial charge < -0.3 is 10.1 Å². The number of ether oxygens (including phenoxy) is 1. The second kappa shape index (κ2) is 9.12. The Labute approximate surface area is 112 Å². The first-order valence-corrected chi connectivity index (χ1v) is 7.13. The summed E-state index contributed by atoms with van der Waals surface area (Å²) in [4.78, 5) is 0. The normalized spacial score (nSPS) is 12.6. The van der Waals surface area contributed by atoms with E-state index >= 15 is 0 Å². The van der Waals surface area contributed by atoms with Crippen LogP contribution in [-0.2, 0) is 11.2 Å². The van der Waals surface area contributed by atoms with E-state index in [2.05, 4.69) is 43.4 Å². The van der Waals surface area contributed by atoms with Crippen molar-refractivity contribution in [3.05, 3.63) is 35.4 Å². The highest BCUT2D eigenvalue weighted by molar-refractivity contribution is 5.30. The largest absolute Gasteiger partial charge is 0.385 e. The first-order chi connectivity index (χ1) is 8.83. The molecule has 1 atom stereocenters. The number of aryl methyl sites for hydroxylation is 1. The fourth-order valence-corrected chi connectivity index (χ4v) is 2.31. The number of benzene rings is 1. The highest BCUT2D eigenvalue weighted by Crippen LogP contribution is 2.23. The van der Waals surface area contributed by atoms with Crippen molar-refractivity contribution in [3.8, 4) is 0 Å². The van der Waals surface area contributed by atoms with Gasteiger partial charge >= 0.3 is 0 Å². The predicted octanol–water partition coefficient (Wildman–Crippen LogP) is 3.72. The Bertz CT molecular complexity index is 325. The minimum atomic E-state index is 0.469. The van der Waals surface area contributed by atoms with Crippen molar-refractivity contribution in [2.75, 3.05) is 20.3 Å². The molecule has 102 valence electrons. The van der Waals surface area contributed by atoms with E-state index in [1.165, 1.54) is 17.5 Å². The standard InChI is InChI=1S/C16H27NO/c1-4-12-17-16(11-8-13-18-3)15-10-7-6-9-14(15)5-2/h6-7,9-10,16-17H,4-5,8,11-13H2,1-3H3. The van der Waals surface area contributed by atoms with Crippen LogP contribution in [0.25, 0.3) is 0 Å². The maximum atomic E-state index is 5.16. The number of rotatable bonds is 9. The van der Waals surface area contributed by atoms with E-state index in [1.807, 2.05) is 0 Å². The number of methoxy groups -OCH3 is 1. The number of hydrogen-bond acceptors (Lipinski definition) is 2. The average molecular weight is 249 g/mol. The molecule has 0 aliphatic carbocycles. The summed E-state index contributed by atoms with van der Waals surface area (Å²) < 4.78 is 5.16. The van der Waals surface area contributed by atoms with E-state index in [-0.39, 0.29) is 0 Å². The summed E-state index contributed by atoms with van der Waals surface area (Å²) in [5.74, 6) is 0. The summed E-state index contributed by atoms with van der Waals surface area (Å²) in [5, 5.41) is 3.66. The molecule has 1 rings (SSSR count). The van der Waals surface area contributed by atoms with E-state index in [0.717, 1.165) is 32.4 Å². The van der Waals surface area contributed by atoms with Gasteiger partial charge in [0.15, 0.2) is 0 Å². The second-order valence-corrected chi connectivity index (χ2v) is 4.69. The van der Waals surface area contributed by atoms with E-state index in [4.69, 9.17) is 4.74 Å². The fourth-order valence-electron chi connectivity index (χ4n) is 2.31. The van der Waals surface area contributed by atoms with Gasteiger partial charge in [-0.25, -0.2) is 0 Å². The highest BCUT2D eigenvalue weighted by Gasteiger charge is 2.13. The van der Waals surface area contributed by atoms with E-state index < -0.39 is 0 Å². The van der Waals surface area contributed by atoms with Gasteiger partial charge in [0.05, 0.1) is 0 Å². The lowest BCUT2D eigenvalue weighted by molar-refractivity contribution is 0.188. The quantitative estimate of drug-likeness (QED) is 0.674. The molecule has 18 heavy (non-hydrogen) atoms. The maximum absolute atomic E-state index is 5.16. The zero-order valence-electron chi connectivity index (χ0n) is 12.0. The first kappa shape index (κ1) is 15.2. The Balaban J connectivity index is 2.72. The van der Waals surface area contributed by atoms with Crippen molar-refractivity contribution in [1.82, 2.24) is 5.32 Å². The van der Waals surface area contributed by atoms with Gasteiger partial charge in [-0.1, -0.05) is 38.1 Å². The average Bonchev–Trinajstić information content (AvgIpc) is 2.42. The monoisotopic (exact) mass is 249 g/mol. The molecule has 0 spiro atoms. The summed E-state index contributed by atoms with van der Waals surface area (Å²) in [6, 6.07) is 9.25. The lowest BCUT2D eigenvalue weighted by atomic mass is 9.95. The Hall–Kier alpha value is -0.860. The van der Waals surface area contributed by atoms with Crippen molar-refractivity contribution in [2.24, 2.45) is 0 Å². The van der Waals surface area contributed by atoms with Gasteiger partial charge in [-0.05, 0) is 43.4 Å². The van der Waals surface area contributed by atoms with Gasteiger partial charge in [0.25, 0.3) is 0 Å². The minimum Gasteiger partial charge on any atom is -0.385 e. The molecule has 2 nitrogen and oxygen atoms in total. The van der Waals surface area contributed by atoms with E-state index in [0.29, 0.717) is 6.04 Å². The van der Waals surface area contributed by atoms with Crippen molar-refractivity contribution >= 4 is 0 Å². The smallest absolute Gasteiger partial charge is 0.0462 e. The predicted molar refractivity (Wildman–Crippen MR) is 78.0 cm³/mol. The zero-order valence-corrected chi connectivity index (χ0v) is 12.0. The lowest BCUT2D eigenvalue weighted by Crippen LogP contribution is -2.23. The van der Waals surface area contributed by atoms with E-state index in [9.17, 15) is 0 Å². The van der Waals surface area contributed by atoms with Crippen molar-refractivity contribution in [3.63, 3.8) is 0 Å². The molecule has 1 aromatic carbocycles.